The highest BCUT2D eigenvalue weighted by molar-refractivity contribution is 6.04. The van der Waals surface area contributed by atoms with E-state index in [1.165, 1.54) is 6.20 Å². The van der Waals surface area contributed by atoms with Gasteiger partial charge in [0.15, 0.2) is 0 Å². The molecule has 0 aliphatic rings. The van der Waals surface area contributed by atoms with E-state index in [0.29, 0.717) is 17.1 Å². The number of nitrogens with two attached hydrogens (primary N) is 1. The van der Waals surface area contributed by atoms with Crippen LogP contribution in [0.15, 0.2) is 24.4 Å². The van der Waals surface area contributed by atoms with Crippen molar-refractivity contribution in [2.75, 3.05) is 11.9 Å². The lowest BCUT2D eigenvalue weighted by Gasteiger charge is -2.04. The molecule has 0 spiro atoms. The zero-order valence-corrected chi connectivity index (χ0v) is 11.3. The number of pyridine rings is 1. The van der Waals surface area contributed by atoms with E-state index in [-0.39, 0.29) is 12.5 Å². The number of carbonyl (C=O) groups is 1. The highest BCUT2D eigenvalue weighted by Gasteiger charge is 2.13. The van der Waals surface area contributed by atoms with Crippen molar-refractivity contribution in [3.63, 3.8) is 0 Å². The minimum absolute atomic E-state index is 0.243. The Hall–Kier alpha value is -2.65. The zero-order chi connectivity index (χ0) is 14.5. The van der Waals surface area contributed by atoms with E-state index >= 15 is 0 Å². The van der Waals surface area contributed by atoms with Gasteiger partial charge < -0.3 is 11.1 Å². The molecule has 0 unspecified atom stereocenters. The van der Waals surface area contributed by atoms with E-state index in [2.05, 4.69) is 27.2 Å². The van der Waals surface area contributed by atoms with Crippen LogP contribution < -0.4 is 11.1 Å². The van der Waals surface area contributed by atoms with Gasteiger partial charge in [-0.15, -0.1) is 0 Å². The van der Waals surface area contributed by atoms with Crippen molar-refractivity contribution in [1.29, 1.82) is 0 Å². The molecule has 0 aliphatic heterocycles. The number of hydrogen-bond acceptors (Lipinski definition) is 4. The van der Waals surface area contributed by atoms with Gasteiger partial charge in [-0.05, 0) is 25.0 Å². The van der Waals surface area contributed by atoms with Gasteiger partial charge in [0.1, 0.15) is 11.5 Å². The summed E-state index contributed by atoms with van der Waals surface area (Å²) in [6.07, 6.45) is 1.53. The van der Waals surface area contributed by atoms with Crippen molar-refractivity contribution in [3.05, 3.63) is 41.3 Å². The van der Waals surface area contributed by atoms with Crippen LogP contribution in [0, 0.1) is 18.8 Å². The fraction of sp³-hybridized carbons (Fsp3) is 0.214. The average molecular weight is 269 g/mol. The predicted octanol–water partition coefficient (Wildman–Crippen LogP) is 0.686. The summed E-state index contributed by atoms with van der Waals surface area (Å²) in [6, 6.07) is 5.24. The molecule has 2 rings (SSSR count). The van der Waals surface area contributed by atoms with Gasteiger partial charge in [0.05, 0.1) is 18.3 Å². The molecule has 0 atom stereocenters. The Kier molecular flexibility index (Phi) is 4.13. The molecule has 1 amide bonds. The number of aromatic nitrogens is 3. The Balaban J connectivity index is 2.18. The van der Waals surface area contributed by atoms with E-state index in [1.54, 1.807) is 29.9 Å². The van der Waals surface area contributed by atoms with Crippen LogP contribution in [0.3, 0.4) is 0 Å². The fourth-order valence-electron chi connectivity index (χ4n) is 1.62. The van der Waals surface area contributed by atoms with Crippen molar-refractivity contribution >= 4 is 11.7 Å². The normalized spacial score (nSPS) is 9.75. The van der Waals surface area contributed by atoms with Crippen LogP contribution in [0.1, 0.15) is 21.7 Å². The molecular weight excluding hydrogens is 254 g/mol. The van der Waals surface area contributed by atoms with Crippen LogP contribution in [-0.2, 0) is 7.05 Å². The van der Waals surface area contributed by atoms with Crippen LogP contribution in [0.4, 0.5) is 5.82 Å². The van der Waals surface area contributed by atoms with Crippen LogP contribution in [0.5, 0.6) is 0 Å². The molecule has 0 aromatic carbocycles. The SMILES string of the molecule is Cc1c(C(=O)Nc2cccc(C#CCN)n2)cnn1C. The molecule has 2 heterocycles. The van der Waals surface area contributed by atoms with Crippen molar-refractivity contribution in [3.8, 4) is 11.8 Å². The van der Waals surface area contributed by atoms with Gasteiger partial charge in [0.2, 0.25) is 0 Å². The molecule has 2 aromatic rings. The van der Waals surface area contributed by atoms with Gasteiger partial charge in [-0.3, -0.25) is 9.48 Å². The monoisotopic (exact) mass is 269 g/mol. The van der Waals surface area contributed by atoms with Gasteiger partial charge in [-0.2, -0.15) is 5.10 Å². The van der Waals surface area contributed by atoms with E-state index in [9.17, 15) is 4.79 Å². The second kappa shape index (κ2) is 5.99. The zero-order valence-electron chi connectivity index (χ0n) is 11.3. The first-order valence-corrected chi connectivity index (χ1v) is 6.07. The lowest BCUT2D eigenvalue weighted by molar-refractivity contribution is 0.102. The first kappa shape index (κ1) is 13.8. The molecule has 0 fully saturated rings. The lowest BCUT2D eigenvalue weighted by atomic mass is 10.2. The standard InChI is InChI=1S/C14H15N5O/c1-10-12(9-16-19(10)2)14(20)18-13-7-3-5-11(17-13)6-4-8-15/h3,5,7,9H,8,15H2,1-2H3,(H,17,18,20). The summed E-state index contributed by atoms with van der Waals surface area (Å²) in [4.78, 5) is 16.3. The van der Waals surface area contributed by atoms with Crippen LogP contribution in [-0.4, -0.2) is 27.2 Å². The van der Waals surface area contributed by atoms with E-state index in [0.717, 1.165) is 5.69 Å². The molecule has 6 heteroatoms. The van der Waals surface area contributed by atoms with Gasteiger partial charge in [0.25, 0.3) is 5.91 Å². The molecule has 0 bridgehead atoms. The van der Waals surface area contributed by atoms with Gasteiger partial charge >= 0.3 is 0 Å². The number of carbonyl (C=O) groups excluding carboxylic acids is 1. The number of anilines is 1. The Morgan fingerprint density at radius 2 is 2.30 bits per heavy atom. The topological polar surface area (TPSA) is 85.8 Å². The summed E-state index contributed by atoms with van der Waals surface area (Å²) in [7, 11) is 1.79. The van der Waals surface area contributed by atoms with Gasteiger partial charge in [-0.25, -0.2) is 4.98 Å². The van der Waals surface area contributed by atoms with E-state index < -0.39 is 0 Å². The maximum Gasteiger partial charge on any atom is 0.260 e. The third-order valence-electron chi connectivity index (χ3n) is 2.79. The van der Waals surface area contributed by atoms with E-state index in [4.69, 9.17) is 5.73 Å². The van der Waals surface area contributed by atoms with Crippen molar-refractivity contribution in [2.24, 2.45) is 12.8 Å². The Labute approximate surface area is 117 Å². The number of hydrogen-bond donors (Lipinski definition) is 2. The molecule has 2 aromatic heterocycles. The van der Waals surface area contributed by atoms with Crippen LogP contribution in [0.25, 0.3) is 0 Å². The maximum absolute atomic E-state index is 12.1. The van der Waals surface area contributed by atoms with Crippen LogP contribution in [0.2, 0.25) is 0 Å². The molecule has 20 heavy (non-hydrogen) atoms. The summed E-state index contributed by atoms with van der Waals surface area (Å²) in [5.74, 6) is 5.74. The first-order valence-electron chi connectivity index (χ1n) is 6.07. The number of nitrogens with zero attached hydrogens (tertiary/aromatic N) is 3. The molecule has 0 aliphatic carbocycles. The number of aryl methyl sites for hydroxylation is 1. The fourth-order valence-corrected chi connectivity index (χ4v) is 1.62. The summed E-state index contributed by atoms with van der Waals surface area (Å²) in [5, 5.41) is 6.76. The quantitative estimate of drug-likeness (QED) is 0.785. The first-order chi connectivity index (χ1) is 9.61. The summed E-state index contributed by atoms with van der Waals surface area (Å²) in [6.45, 7) is 2.10. The summed E-state index contributed by atoms with van der Waals surface area (Å²) < 4.78 is 1.64. The minimum atomic E-state index is -0.243. The van der Waals surface area contributed by atoms with Gasteiger partial charge in [-0.1, -0.05) is 12.0 Å². The highest BCUT2D eigenvalue weighted by Crippen LogP contribution is 2.10. The third-order valence-corrected chi connectivity index (χ3v) is 2.79. The second-order valence-electron chi connectivity index (χ2n) is 4.14. The van der Waals surface area contributed by atoms with Gasteiger partial charge in [0, 0.05) is 12.7 Å². The summed E-state index contributed by atoms with van der Waals surface area (Å²) >= 11 is 0. The Morgan fingerprint density at radius 3 is 2.95 bits per heavy atom. The van der Waals surface area contributed by atoms with Crippen molar-refractivity contribution in [1.82, 2.24) is 14.8 Å². The predicted molar refractivity (Wildman–Crippen MR) is 76.1 cm³/mol. The lowest BCUT2D eigenvalue weighted by Crippen LogP contribution is -2.14. The maximum atomic E-state index is 12.1. The number of amides is 1. The van der Waals surface area contributed by atoms with Crippen molar-refractivity contribution in [2.45, 2.75) is 6.92 Å². The third kappa shape index (κ3) is 3.02. The highest BCUT2D eigenvalue weighted by atomic mass is 16.1. The largest absolute Gasteiger partial charge is 0.320 e. The minimum Gasteiger partial charge on any atom is -0.320 e. The van der Waals surface area contributed by atoms with E-state index in [1.807, 2.05) is 6.92 Å². The molecule has 3 N–H and O–H groups in total. The molecule has 0 saturated heterocycles. The molecule has 102 valence electrons. The summed E-state index contributed by atoms with van der Waals surface area (Å²) in [5.41, 5.74) is 7.19. The average Bonchev–Trinajstić information content (AvgIpc) is 2.77. The number of nitrogens with one attached hydrogen (secondary N) is 1. The molecular formula is C14H15N5O. The Morgan fingerprint density at radius 1 is 1.50 bits per heavy atom. The van der Waals surface area contributed by atoms with Crippen molar-refractivity contribution < 1.29 is 4.79 Å². The Bertz CT molecular complexity index is 693. The number of rotatable bonds is 2. The second-order valence-corrected chi connectivity index (χ2v) is 4.14. The molecule has 0 saturated carbocycles. The smallest absolute Gasteiger partial charge is 0.260 e. The van der Waals surface area contributed by atoms with Crippen LogP contribution >= 0.6 is 0 Å². The molecule has 0 radical (unpaired) electrons. The molecule has 6 nitrogen and oxygen atoms in total.